The number of nitrogens with two attached hydrogens (primary N) is 1. The van der Waals surface area contributed by atoms with Crippen LogP contribution in [-0.2, 0) is 6.18 Å². The Morgan fingerprint density at radius 2 is 1.75 bits per heavy atom. The van der Waals surface area contributed by atoms with Crippen LogP contribution in [0.4, 0.5) is 13.2 Å². The van der Waals surface area contributed by atoms with Crippen molar-refractivity contribution < 1.29 is 18.0 Å². The highest BCUT2D eigenvalue weighted by Gasteiger charge is 2.31. The third kappa shape index (κ3) is 2.79. The van der Waals surface area contributed by atoms with Crippen LogP contribution in [0.3, 0.4) is 0 Å². The lowest BCUT2D eigenvalue weighted by Gasteiger charge is -2.10. The van der Waals surface area contributed by atoms with Crippen LogP contribution in [0.5, 0.6) is 0 Å². The molecule has 1 rings (SSSR count). The molecule has 1 aromatic rings. The molecule has 0 fully saturated rings. The zero-order chi connectivity index (χ0) is 12.5. The molecule has 2 nitrogen and oxygen atoms in total. The molecule has 0 aromatic heterocycles. The summed E-state index contributed by atoms with van der Waals surface area (Å²) in [6.45, 7) is 1.18. The van der Waals surface area contributed by atoms with Gasteiger partial charge in [0.25, 0.3) is 0 Å². The Bertz CT molecular complexity index is 422. The van der Waals surface area contributed by atoms with E-state index in [1.807, 2.05) is 0 Å². The van der Waals surface area contributed by atoms with Crippen LogP contribution in [0.2, 0.25) is 0 Å². The highest BCUT2D eigenvalue weighted by molar-refractivity contribution is 7.80. The normalized spacial score (nSPS) is 11.2. The van der Waals surface area contributed by atoms with Crippen molar-refractivity contribution >= 4 is 23.0 Å². The fraction of sp³-hybridized carbons (Fsp3) is 0.200. The van der Waals surface area contributed by atoms with Gasteiger partial charge in [0, 0.05) is 11.1 Å². The predicted molar refractivity (Wildman–Crippen MR) is 57.3 cm³/mol. The molecule has 0 amide bonds. The number of carbonyl (C=O) groups excluding carboxylic acids is 1. The quantitative estimate of drug-likeness (QED) is 0.645. The molecule has 0 spiro atoms. The van der Waals surface area contributed by atoms with Crippen molar-refractivity contribution in [1.29, 1.82) is 0 Å². The summed E-state index contributed by atoms with van der Waals surface area (Å²) >= 11 is 4.59. The van der Waals surface area contributed by atoms with E-state index in [-0.39, 0.29) is 16.1 Å². The summed E-state index contributed by atoms with van der Waals surface area (Å²) < 4.78 is 37.4. The van der Waals surface area contributed by atoms with E-state index < -0.39 is 17.5 Å². The number of halogens is 3. The standard InChI is InChI=1S/C10H8F3NOS/c1-5(15)6-2-7(9(14)16)4-8(3-6)10(11,12)13/h2-4H,1H3,(H2,14,16). The molecule has 0 atom stereocenters. The molecule has 0 bridgehead atoms. The van der Waals surface area contributed by atoms with Crippen molar-refractivity contribution in [1.82, 2.24) is 0 Å². The molecule has 0 aliphatic heterocycles. The van der Waals surface area contributed by atoms with Gasteiger partial charge in [-0.15, -0.1) is 0 Å². The fourth-order valence-electron chi connectivity index (χ4n) is 1.14. The Morgan fingerprint density at radius 1 is 1.25 bits per heavy atom. The first-order valence-corrected chi connectivity index (χ1v) is 4.65. The molecule has 6 heteroatoms. The van der Waals surface area contributed by atoms with Gasteiger partial charge in [-0.3, -0.25) is 4.79 Å². The molecule has 2 N–H and O–H groups in total. The Labute approximate surface area is 95.2 Å². The third-order valence-electron chi connectivity index (χ3n) is 1.95. The van der Waals surface area contributed by atoms with Crippen LogP contribution < -0.4 is 5.73 Å². The number of thiocarbonyl (C=S) groups is 1. The Hall–Kier alpha value is -1.43. The number of benzene rings is 1. The van der Waals surface area contributed by atoms with Gasteiger partial charge >= 0.3 is 6.18 Å². The molecule has 0 saturated carbocycles. The van der Waals surface area contributed by atoms with Crippen molar-refractivity contribution in [3.05, 3.63) is 34.9 Å². The van der Waals surface area contributed by atoms with E-state index in [0.29, 0.717) is 0 Å². The largest absolute Gasteiger partial charge is 0.416 e. The molecule has 0 unspecified atom stereocenters. The average molecular weight is 247 g/mol. The lowest BCUT2D eigenvalue weighted by atomic mass is 10.0. The van der Waals surface area contributed by atoms with Crippen LogP contribution in [0.15, 0.2) is 18.2 Å². The van der Waals surface area contributed by atoms with Gasteiger partial charge in [-0.25, -0.2) is 0 Å². The summed E-state index contributed by atoms with van der Waals surface area (Å²) in [6, 6.07) is 2.86. The summed E-state index contributed by atoms with van der Waals surface area (Å²) in [5, 5.41) is 0. The summed E-state index contributed by atoms with van der Waals surface area (Å²) in [7, 11) is 0. The second kappa shape index (κ2) is 4.21. The van der Waals surface area contributed by atoms with Crippen LogP contribution in [-0.4, -0.2) is 10.8 Å². The molecule has 0 radical (unpaired) electrons. The summed E-state index contributed by atoms with van der Waals surface area (Å²) in [5.74, 6) is -0.469. The van der Waals surface area contributed by atoms with E-state index in [9.17, 15) is 18.0 Å². The second-order valence-electron chi connectivity index (χ2n) is 3.22. The maximum absolute atomic E-state index is 12.5. The first-order valence-electron chi connectivity index (χ1n) is 4.25. The number of carbonyl (C=O) groups is 1. The van der Waals surface area contributed by atoms with Crippen molar-refractivity contribution in [2.75, 3.05) is 0 Å². The average Bonchev–Trinajstić information content (AvgIpc) is 2.15. The number of Topliss-reactive ketones (excluding diaryl/α,β-unsaturated/α-hetero) is 1. The smallest absolute Gasteiger partial charge is 0.389 e. The van der Waals surface area contributed by atoms with Gasteiger partial charge < -0.3 is 5.73 Å². The number of ketones is 1. The Kier molecular flexibility index (Phi) is 3.32. The van der Waals surface area contributed by atoms with Crippen LogP contribution in [0.25, 0.3) is 0 Å². The topological polar surface area (TPSA) is 43.1 Å². The van der Waals surface area contributed by atoms with Gasteiger partial charge in [0.05, 0.1) is 5.56 Å². The lowest BCUT2D eigenvalue weighted by molar-refractivity contribution is -0.137. The number of hydrogen-bond acceptors (Lipinski definition) is 2. The summed E-state index contributed by atoms with van der Waals surface area (Å²) in [4.78, 5) is 10.9. The Balaban J connectivity index is 3.42. The molecule has 0 aliphatic carbocycles. The highest BCUT2D eigenvalue weighted by atomic mass is 32.1. The van der Waals surface area contributed by atoms with E-state index in [2.05, 4.69) is 12.2 Å². The van der Waals surface area contributed by atoms with E-state index in [0.717, 1.165) is 12.1 Å². The minimum absolute atomic E-state index is 0.0371. The van der Waals surface area contributed by atoms with Crippen molar-refractivity contribution in [3.63, 3.8) is 0 Å². The predicted octanol–water partition coefficient (Wildman–Crippen LogP) is 2.54. The summed E-state index contributed by atoms with van der Waals surface area (Å²) in [6.07, 6.45) is -4.52. The van der Waals surface area contributed by atoms with E-state index in [1.165, 1.54) is 13.0 Å². The van der Waals surface area contributed by atoms with E-state index in [1.54, 1.807) is 0 Å². The molecule has 16 heavy (non-hydrogen) atoms. The Morgan fingerprint density at radius 3 is 2.12 bits per heavy atom. The minimum atomic E-state index is -4.52. The fourth-order valence-corrected chi connectivity index (χ4v) is 1.25. The second-order valence-corrected chi connectivity index (χ2v) is 3.66. The van der Waals surface area contributed by atoms with Crippen molar-refractivity contribution in [2.24, 2.45) is 5.73 Å². The van der Waals surface area contributed by atoms with Gasteiger partial charge in [0.1, 0.15) is 4.99 Å². The zero-order valence-corrected chi connectivity index (χ0v) is 9.08. The number of alkyl halides is 3. The third-order valence-corrected chi connectivity index (χ3v) is 2.19. The molecule has 0 heterocycles. The zero-order valence-electron chi connectivity index (χ0n) is 8.26. The van der Waals surface area contributed by atoms with Crippen molar-refractivity contribution in [3.8, 4) is 0 Å². The van der Waals surface area contributed by atoms with Crippen LogP contribution in [0, 0.1) is 0 Å². The highest BCUT2D eigenvalue weighted by Crippen LogP contribution is 2.30. The monoisotopic (exact) mass is 247 g/mol. The van der Waals surface area contributed by atoms with E-state index in [4.69, 9.17) is 5.73 Å². The molecule has 0 saturated heterocycles. The molecule has 0 aliphatic rings. The van der Waals surface area contributed by atoms with E-state index >= 15 is 0 Å². The van der Waals surface area contributed by atoms with Crippen LogP contribution >= 0.6 is 12.2 Å². The SMILES string of the molecule is CC(=O)c1cc(C(N)=S)cc(C(F)(F)F)c1. The summed E-state index contributed by atoms with van der Waals surface area (Å²) in [5.41, 5.74) is 4.30. The number of hydrogen-bond donors (Lipinski definition) is 1. The van der Waals surface area contributed by atoms with Gasteiger partial charge in [-0.1, -0.05) is 12.2 Å². The number of rotatable bonds is 2. The maximum atomic E-state index is 12.5. The molecule has 1 aromatic carbocycles. The minimum Gasteiger partial charge on any atom is -0.389 e. The maximum Gasteiger partial charge on any atom is 0.416 e. The molecular formula is C10H8F3NOS. The van der Waals surface area contributed by atoms with Gasteiger partial charge in [0.15, 0.2) is 5.78 Å². The van der Waals surface area contributed by atoms with Gasteiger partial charge in [-0.2, -0.15) is 13.2 Å². The van der Waals surface area contributed by atoms with Crippen LogP contribution in [0.1, 0.15) is 28.4 Å². The molecular weight excluding hydrogens is 239 g/mol. The first-order chi connectivity index (χ1) is 7.21. The first kappa shape index (κ1) is 12.6. The van der Waals surface area contributed by atoms with Gasteiger partial charge in [0.2, 0.25) is 0 Å². The molecule has 86 valence electrons. The van der Waals surface area contributed by atoms with Crippen molar-refractivity contribution in [2.45, 2.75) is 13.1 Å². The van der Waals surface area contributed by atoms with Gasteiger partial charge in [-0.05, 0) is 25.1 Å². The lowest BCUT2D eigenvalue weighted by Crippen LogP contribution is -2.14.